The fourth-order valence-electron chi connectivity index (χ4n) is 2.10. The summed E-state index contributed by atoms with van der Waals surface area (Å²) in [5.74, 6) is -0.230. The SMILES string of the molecule is NC(=NO)c1ccc(C(F)(F)F)nc1SC1CCCC1. The summed E-state index contributed by atoms with van der Waals surface area (Å²) < 4.78 is 38.1. The van der Waals surface area contributed by atoms with E-state index in [0.29, 0.717) is 0 Å². The minimum Gasteiger partial charge on any atom is -0.409 e. The van der Waals surface area contributed by atoms with Crippen molar-refractivity contribution in [3.05, 3.63) is 23.4 Å². The minimum absolute atomic E-state index is 0.169. The predicted octanol–water partition coefficient (Wildman–Crippen LogP) is 3.23. The summed E-state index contributed by atoms with van der Waals surface area (Å²) in [5, 5.41) is 12.0. The van der Waals surface area contributed by atoms with Crippen LogP contribution in [-0.2, 0) is 6.18 Å². The Morgan fingerprint density at radius 2 is 2.00 bits per heavy atom. The van der Waals surface area contributed by atoms with Crippen LogP contribution in [-0.4, -0.2) is 21.3 Å². The molecule has 1 aliphatic carbocycles. The van der Waals surface area contributed by atoms with E-state index in [1.165, 1.54) is 17.8 Å². The Labute approximate surface area is 118 Å². The molecule has 2 rings (SSSR count). The summed E-state index contributed by atoms with van der Waals surface area (Å²) in [5.41, 5.74) is 4.76. The molecule has 0 aliphatic heterocycles. The van der Waals surface area contributed by atoms with Gasteiger partial charge in [0.05, 0.1) is 5.56 Å². The molecule has 20 heavy (non-hydrogen) atoms. The molecule has 0 spiro atoms. The fraction of sp³-hybridized carbons (Fsp3) is 0.500. The molecule has 0 radical (unpaired) electrons. The highest BCUT2D eigenvalue weighted by molar-refractivity contribution is 7.99. The summed E-state index contributed by atoms with van der Waals surface area (Å²) in [6, 6.07) is 2.04. The highest BCUT2D eigenvalue weighted by Gasteiger charge is 2.33. The fourth-order valence-corrected chi connectivity index (χ4v) is 3.44. The summed E-state index contributed by atoms with van der Waals surface area (Å²) in [6.45, 7) is 0. The summed E-state index contributed by atoms with van der Waals surface area (Å²) >= 11 is 1.27. The van der Waals surface area contributed by atoms with Gasteiger partial charge in [-0.2, -0.15) is 13.2 Å². The first-order valence-electron chi connectivity index (χ1n) is 6.14. The number of pyridine rings is 1. The van der Waals surface area contributed by atoms with E-state index in [9.17, 15) is 13.2 Å². The number of nitrogens with zero attached hydrogens (tertiary/aromatic N) is 2. The lowest BCUT2D eigenvalue weighted by Crippen LogP contribution is -2.18. The van der Waals surface area contributed by atoms with Gasteiger partial charge in [-0.1, -0.05) is 18.0 Å². The maximum Gasteiger partial charge on any atom is 0.433 e. The molecule has 1 aromatic heterocycles. The average Bonchev–Trinajstić information content (AvgIpc) is 2.89. The number of hydrogen-bond donors (Lipinski definition) is 2. The van der Waals surface area contributed by atoms with Gasteiger partial charge < -0.3 is 10.9 Å². The van der Waals surface area contributed by atoms with Crippen LogP contribution in [0.5, 0.6) is 0 Å². The number of hydrogen-bond acceptors (Lipinski definition) is 4. The average molecular weight is 305 g/mol. The molecule has 1 aliphatic rings. The zero-order valence-electron chi connectivity index (χ0n) is 10.5. The summed E-state index contributed by atoms with van der Waals surface area (Å²) in [4.78, 5) is 3.64. The predicted molar refractivity (Wildman–Crippen MR) is 69.9 cm³/mol. The Balaban J connectivity index is 2.36. The number of nitrogens with two attached hydrogens (primary N) is 1. The zero-order valence-corrected chi connectivity index (χ0v) is 11.3. The van der Waals surface area contributed by atoms with Crippen LogP contribution in [0.1, 0.15) is 36.9 Å². The molecular formula is C12H14F3N3OS. The molecule has 1 aromatic rings. The Bertz CT molecular complexity index is 513. The van der Waals surface area contributed by atoms with Crippen molar-refractivity contribution in [3.8, 4) is 0 Å². The van der Waals surface area contributed by atoms with E-state index in [2.05, 4.69) is 10.1 Å². The first kappa shape index (κ1) is 15.0. The first-order valence-corrected chi connectivity index (χ1v) is 7.02. The van der Waals surface area contributed by atoms with Gasteiger partial charge in [-0.15, -0.1) is 11.8 Å². The molecule has 4 nitrogen and oxygen atoms in total. The third-order valence-electron chi connectivity index (χ3n) is 3.11. The van der Waals surface area contributed by atoms with Crippen molar-refractivity contribution >= 4 is 17.6 Å². The Morgan fingerprint density at radius 3 is 2.55 bits per heavy atom. The lowest BCUT2D eigenvalue weighted by molar-refractivity contribution is -0.141. The monoisotopic (exact) mass is 305 g/mol. The van der Waals surface area contributed by atoms with Crippen molar-refractivity contribution in [2.24, 2.45) is 10.9 Å². The molecule has 1 fully saturated rings. The largest absolute Gasteiger partial charge is 0.433 e. The van der Waals surface area contributed by atoms with Crippen LogP contribution >= 0.6 is 11.8 Å². The number of amidine groups is 1. The second-order valence-corrected chi connectivity index (χ2v) is 5.85. The van der Waals surface area contributed by atoms with Gasteiger partial charge in [0.25, 0.3) is 0 Å². The van der Waals surface area contributed by atoms with Gasteiger partial charge in [0.2, 0.25) is 0 Å². The van der Waals surface area contributed by atoms with Crippen LogP contribution in [0.25, 0.3) is 0 Å². The van der Waals surface area contributed by atoms with Crippen LogP contribution in [0.4, 0.5) is 13.2 Å². The number of alkyl halides is 3. The standard InChI is InChI=1S/C12H14F3N3OS/c13-12(14,15)9-6-5-8(10(16)18-19)11(17-9)20-7-3-1-2-4-7/h5-7,19H,1-4H2,(H2,16,18). The molecular weight excluding hydrogens is 291 g/mol. The van der Waals surface area contributed by atoms with Crippen LogP contribution in [0, 0.1) is 0 Å². The molecule has 1 heterocycles. The van der Waals surface area contributed by atoms with Gasteiger partial charge in [0.15, 0.2) is 5.84 Å². The van der Waals surface area contributed by atoms with E-state index in [0.717, 1.165) is 31.7 Å². The second kappa shape index (κ2) is 5.90. The summed E-state index contributed by atoms with van der Waals surface area (Å²) in [7, 11) is 0. The van der Waals surface area contributed by atoms with Crippen molar-refractivity contribution in [2.75, 3.05) is 0 Å². The van der Waals surface area contributed by atoms with Crippen molar-refractivity contribution in [1.82, 2.24) is 4.98 Å². The van der Waals surface area contributed by atoms with Crippen molar-refractivity contribution in [3.63, 3.8) is 0 Å². The van der Waals surface area contributed by atoms with Crippen LogP contribution in [0.2, 0.25) is 0 Å². The number of rotatable bonds is 3. The second-order valence-electron chi connectivity index (χ2n) is 4.56. The van der Waals surface area contributed by atoms with E-state index < -0.39 is 11.9 Å². The third-order valence-corrected chi connectivity index (χ3v) is 4.45. The van der Waals surface area contributed by atoms with Gasteiger partial charge in [-0.3, -0.25) is 0 Å². The van der Waals surface area contributed by atoms with Crippen LogP contribution < -0.4 is 5.73 Å². The molecule has 0 unspecified atom stereocenters. The minimum atomic E-state index is -4.51. The maximum absolute atomic E-state index is 12.7. The Hall–Kier alpha value is -1.44. The van der Waals surface area contributed by atoms with Crippen LogP contribution in [0.3, 0.4) is 0 Å². The lowest BCUT2D eigenvalue weighted by Gasteiger charge is -2.14. The molecule has 110 valence electrons. The number of oxime groups is 1. The molecule has 0 bridgehead atoms. The van der Waals surface area contributed by atoms with Gasteiger partial charge >= 0.3 is 6.18 Å². The molecule has 0 amide bonds. The Morgan fingerprint density at radius 1 is 1.35 bits per heavy atom. The first-order chi connectivity index (χ1) is 9.41. The molecule has 3 N–H and O–H groups in total. The number of aromatic nitrogens is 1. The highest BCUT2D eigenvalue weighted by Crippen LogP contribution is 2.37. The smallest absolute Gasteiger partial charge is 0.409 e. The third kappa shape index (κ3) is 3.36. The topological polar surface area (TPSA) is 71.5 Å². The highest BCUT2D eigenvalue weighted by atomic mass is 32.2. The normalized spacial score (nSPS) is 17.6. The van der Waals surface area contributed by atoms with Gasteiger partial charge in [0.1, 0.15) is 10.7 Å². The van der Waals surface area contributed by atoms with E-state index in [4.69, 9.17) is 10.9 Å². The van der Waals surface area contributed by atoms with E-state index in [1.54, 1.807) is 0 Å². The summed E-state index contributed by atoms with van der Waals surface area (Å²) in [6.07, 6.45) is -0.490. The molecule has 1 saturated carbocycles. The van der Waals surface area contributed by atoms with E-state index in [1.807, 2.05) is 0 Å². The number of thioether (sulfide) groups is 1. The Kier molecular flexibility index (Phi) is 4.42. The van der Waals surface area contributed by atoms with Gasteiger partial charge in [-0.25, -0.2) is 4.98 Å². The van der Waals surface area contributed by atoms with Gasteiger partial charge in [0, 0.05) is 5.25 Å². The lowest BCUT2D eigenvalue weighted by atomic mass is 10.2. The van der Waals surface area contributed by atoms with Crippen molar-refractivity contribution < 1.29 is 18.4 Å². The maximum atomic E-state index is 12.7. The molecule has 8 heteroatoms. The molecule has 0 atom stereocenters. The number of halogens is 3. The zero-order chi connectivity index (χ0) is 14.8. The quantitative estimate of drug-likeness (QED) is 0.389. The van der Waals surface area contributed by atoms with Gasteiger partial charge in [-0.05, 0) is 25.0 Å². The van der Waals surface area contributed by atoms with Crippen LogP contribution in [0.15, 0.2) is 22.3 Å². The molecule has 0 aromatic carbocycles. The van der Waals surface area contributed by atoms with Crippen molar-refractivity contribution in [2.45, 2.75) is 42.1 Å². The van der Waals surface area contributed by atoms with Crippen molar-refractivity contribution in [1.29, 1.82) is 0 Å². The molecule has 0 saturated heterocycles. The van der Waals surface area contributed by atoms with E-state index in [-0.39, 0.29) is 21.7 Å². The van der Waals surface area contributed by atoms with E-state index >= 15 is 0 Å².